The third kappa shape index (κ3) is 6.55. The molecule has 0 aromatic carbocycles. The molecule has 0 aliphatic rings. The summed E-state index contributed by atoms with van der Waals surface area (Å²) in [5.74, 6) is 0. The Morgan fingerprint density at radius 1 is 1.11 bits per heavy atom. The molecule has 3 nitrogen and oxygen atoms in total. The molecule has 9 heteroatoms. The van der Waals surface area contributed by atoms with Gasteiger partial charge in [-0.05, 0) is 6.42 Å². The van der Waals surface area contributed by atoms with Crippen LogP contribution in [0, 0.1) is 0 Å². The summed E-state index contributed by atoms with van der Waals surface area (Å²) in [5.41, 5.74) is 0. The Balaban J connectivity index is 4.30. The highest BCUT2D eigenvalue weighted by Gasteiger charge is 2.57. The van der Waals surface area contributed by atoms with Gasteiger partial charge < -0.3 is 10.1 Å². The zero-order valence-corrected chi connectivity index (χ0v) is 9.49. The van der Waals surface area contributed by atoms with Gasteiger partial charge in [0.25, 0.3) is 0 Å². The van der Waals surface area contributed by atoms with Crippen molar-refractivity contribution in [1.82, 2.24) is 5.32 Å². The molecule has 0 saturated heterocycles. The third-order valence-corrected chi connectivity index (χ3v) is 1.90. The Morgan fingerprint density at radius 2 is 1.61 bits per heavy atom. The van der Waals surface area contributed by atoms with Crippen molar-refractivity contribution in [3.8, 4) is 0 Å². The van der Waals surface area contributed by atoms with Gasteiger partial charge in [0, 0.05) is 0 Å². The molecule has 0 unspecified atom stereocenters. The molecule has 108 valence electrons. The van der Waals surface area contributed by atoms with E-state index in [1.54, 1.807) is 0 Å². The van der Waals surface area contributed by atoms with Gasteiger partial charge in [0.1, 0.15) is 0 Å². The van der Waals surface area contributed by atoms with Crippen LogP contribution in [0.2, 0.25) is 0 Å². The number of alkyl carbamates (subject to hydrolysis) is 1. The quantitative estimate of drug-likeness (QED) is 0.619. The maximum atomic E-state index is 12.0. The Morgan fingerprint density at radius 3 is 2.00 bits per heavy atom. The number of halogens is 6. The van der Waals surface area contributed by atoms with Gasteiger partial charge in [0.2, 0.25) is 6.04 Å². The van der Waals surface area contributed by atoms with Crippen molar-refractivity contribution in [3.63, 3.8) is 0 Å². The van der Waals surface area contributed by atoms with Crippen LogP contribution in [0.1, 0.15) is 26.2 Å². The average Bonchev–Trinajstić information content (AvgIpc) is 2.18. The minimum Gasteiger partial charge on any atom is -0.450 e. The maximum absolute atomic E-state index is 12.0. The van der Waals surface area contributed by atoms with E-state index in [4.69, 9.17) is 0 Å². The molecule has 0 heterocycles. The number of hydrogen-bond donors (Lipinski definition) is 1. The van der Waals surface area contributed by atoms with E-state index in [1.807, 2.05) is 6.92 Å². The number of ether oxygens (including phenoxy) is 1. The van der Waals surface area contributed by atoms with Gasteiger partial charge in [-0.1, -0.05) is 19.8 Å². The Labute approximate surface area is 99.5 Å². The van der Waals surface area contributed by atoms with Crippen LogP contribution in [0.15, 0.2) is 0 Å². The number of alkyl halides is 6. The van der Waals surface area contributed by atoms with Crippen LogP contribution >= 0.6 is 0 Å². The predicted molar refractivity (Wildman–Crippen MR) is 49.9 cm³/mol. The van der Waals surface area contributed by atoms with E-state index in [1.165, 1.54) is 0 Å². The van der Waals surface area contributed by atoms with Gasteiger partial charge in [-0.2, -0.15) is 26.3 Å². The number of rotatable bonds is 5. The van der Waals surface area contributed by atoms with E-state index < -0.39 is 24.5 Å². The number of carbonyl (C=O) groups excluding carboxylic acids is 1. The summed E-state index contributed by atoms with van der Waals surface area (Å²) in [7, 11) is 0. The first-order chi connectivity index (χ1) is 8.09. The second-order valence-corrected chi connectivity index (χ2v) is 3.50. The van der Waals surface area contributed by atoms with E-state index in [2.05, 4.69) is 4.74 Å². The molecule has 1 amide bonds. The second kappa shape index (κ2) is 6.69. The van der Waals surface area contributed by atoms with Crippen molar-refractivity contribution in [2.75, 3.05) is 6.61 Å². The lowest BCUT2D eigenvalue weighted by molar-refractivity contribution is -0.256. The fraction of sp³-hybridized carbons (Fsp3) is 0.889. The average molecular weight is 281 g/mol. The molecule has 18 heavy (non-hydrogen) atoms. The fourth-order valence-corrected chi connectivity index (χ4v) is 1.03. The maximum Gasteiger partial charge on any atom is 0.417 e. The summed E-state index contributed by atoms with van der Waals surface area (Å²) in [6.07, 6.45) is -11.1. The SMILES string of the molecule is CCCCCOC(=O)NC(C(F)(F)F)C(F)(F)F. The number of hydrogen-bond acceptors (Lipinski definition) is 2. The number of carbonyl (C=O) groups is 1. The minimum absolute atomic E-state index is 0.220. The molecule has 0 atom stereocenters. The highest BCUT2D eigenvalue weighted by Crippen LogP contribution is 2.33. The molecule has 0 rings (SSSR count). The lowest BCUT2D eigenvalue weighted by Crippen LogP contribution is -2.54. The Bertz CT molecular complexity index is 249. The molecule has 0 aromatic heterocycles. The lowest BCUT2D eigenvalue weighted by Gasteiger charge is -2.23. The van der Waals surface area contributed by atoms with E-state index in [0.717, 1.165) is 11.7 Å². The van der Waals surface area contributed by atoms with Crippen molar-refractivity contribution in [3.05, 3.63) is 0 Å². The Kier molecular flexibility index (Phi) is 6.27. The summed E-state index contributed by atoms with van der Waals surface area (Å²) in [5, 5.41) is 0.763. The van der Waals surface area contributed by atoms with Crippen LogP contribution < -0.4 is 5.32 Å². The topological polar surface area (TPSA) is 38.3 Å². The zero-order valence-electron chi connectivity index (χ0n) is 9.49. The van der Waals surface area contributed by atoms with Crippen LogP contribution in [-0.4, -0.2) is 31.1 Å². The van der Waals surface area contributed by atoms with E-state index in [0.29, 0.717) is 12.8 Å². The molecular formula is C9H13F6NO2. The van der Waals surface area contributed by atoms with E-state index >= 15 is 0 Å². The highest BCUT2D eigenvalue weighted by molar-refractivity contribution is 5.67. The van der Waals surface area contributed by atoms with Crippen molar-refractivity contribution in [2.45, 2.75) is 44.6 Å². The molecule has 1 N–H and O–H groups in total. The van der Waals surface area contributed by atoms with Crippen molar-refractivity contribution in [1.29, 1.82) is 0 Å². The molecule has 0 spiro atoms. The van der Waals surface area contributed by atoms with Crippen LogP contribution in [0.3, 0.4) is 0 Å². The molecule has 0 radical (unpaired) electrons. The molecule has 0 saturated carbocycles. The van der Waals surface area contributed by atoms with E-state index in [-0.39, 0.29) is 6.61 Å². The molecule has 0 bridgehead atoms. The molecule has 0 aromatic rings. The first kappa shape index (κ1) is 16.9. The molecule has 0 aliphatic heterocycles. The summed E-state index contributed by atoms with van der Waals surface area (Å²) in [6, 6.07) is -3.91. The summed E-state index contributed by atoms with van der Waals surface area (Å²) in [6.45, 7) is 1.62. The largest absolute Gasteiger partial charge is 0.450 e. The van der Waals surface area contributed by atoms with Crippen LogP contribution in [0.25, 0.3) is 0 Å². The minimum atomic E-state index is -5.61. The monoisotopic (exact) mass is 281 g/mol. The number of nitrogens with one attached hydrogen (secondary N) is 1. The highest BCUT2D eigenvalue weighted by atomic mass is 19.4. The Hall–Kier alpha value is -1.15. The zero-order chi connectivity index (χ0) is 14.4. The van der Waals surface area contributed by atoms with Crippen LogP contribution in [0.4, 0.5) is 31.1 Å². The van der Waals surface area contributed by atoms with Gasteiger partial charge in [-0.25, -0.2) is 4.79 Å². The van der Waals surface area contributed by atoms with Crippen LogP contribution in [-0.2, 0) is 4.74 Å². The van der Waals surface area contributed by atoms with Crippen molar-refractivity contribution in [2.24, 2.45) is 0 Å². The molecular weight excluding hydrogens is 268 g/mol. The number of amides is 1. The normalized spacial score (nSPS) is 12.7. The number of unbranched alkanes of at least 4 members (excludes halogenated alkanes) is 2. The second-order valence-electron chi connectivity index (χ2n) is 3.50. The first-order valence-corrected chi connectivity index (χ1v) is 5.15. The third-order valence-electron chi connectivity index (χ3n) is 1.90. The first-order valence-electron chi connectivity index (χ1n) is 5.15. The van der Waals surface area contributed by atoms with Gasteiger partial charge in [-0.15, -0.1) is 0 Å². The van der Waals surface area contributed by atoms with Gasteiger partial charge in [0.05, 0.1) is 6.61 Å². The predicted octanol–water partition coefficient (Wildman–Crippen LogP) is 3.40. The summed E-state index contributed by atoms with van der Waals surface area (Å²) in [4.78, 5) is 10.8. The standard InChI is InChI=1S/C9H13F6NO2/c1-2-3-4-5-18-7(17)16-6(8(10,11)12)9(13,14)15/h6H,2-5H2,1H3,(H,16,17). The fourth-order valence-electron chi connectivity index (χ4n) is 1.03. The van der Waals surface area contributed by atoms with E-state index in [9.17, 15) is 31.1 Å². The van der Waals surface area contributed by atoms with Crippen molar-refractivity contribution < 1.29 is 35.9 Å². The molecule has 0 aliphatic carbocycles. The summed E-state index contributed by atoms with van der Waals surface area (Å²) < 4.78 is 76.4. The van der Waals surface area contributed by atoms with Gasteiger partial charge in [-0.3, -0.25) is 0 Å². The smallest absolute Gasteiger partial charge is 0.417 e. The summed E-state index contributed by atoms with van der Waals surface area (Å²) >= 11 is 0. The van der Waals surface area contributed by atoms with Gasteiger partial charge >= 0.3 is 18.4 Å². The molecule has 0 fully saturated rings. The van der Waals surface area contributed by atoms with Crippen LogP contribution in [0.5, 0.6) is 0 Å². The van der Waals surface area contributed by atoms with Crippen molar-refractivity contribution >= 4 is 6.09 Å². The van der Waals surface area contributed by atoms with Gasteiger partial charge in [0.15, 0.2) is 0 Å². The lowest BCUT2D eigenvalue weighted by atomic mass is 10.3.